The summed E-state index contributed by atoms with van der Waals surface area (Å²) in [4.78, 5) is 24.5. The van der Waals surface area contributed by atoms with Crippen molar-refractivity contribution in [1.82, 2.24) is 5.32 Å². The van der Waals surface area contributed by atoms with Gasteiger partial charge in [0.05, 0.1) is 23.3 Å². The molecule has 156 valence electrons. The van der Waals surface area contributed by atoms with Crippen molar-refractivity contribution in [3.05, 3.63) is 54.1 Å². The van der Waals surface area contributed by atoms with E-state index in [1.807, 2.05) is 0 Å². The van der Waals surface area contributed by atoms with Crippen molar-refractivity contribution in [2.45, 2.75) is 37.8 Å². The number of carbonyl (C=O) groups excluding carboxylic acids is 2. The van der Waals surface area contributed by atoms with Gasteiger partial charge in [0.25, 0.3) is 15.9 Å². The summed E-state index contributed by atoms with van der Waals surface area (Å²) in [5.74, 6) is -0.740. The number of ether oxygens (including phenoxy) is 2. The smallest absolute Gasteiger partial charge is 0.341 e. The van der Waals surface area contributed by atoms with Crippen molar-refractivity contribution in [2.75, 3.05) is 11.8 Å². The minimum Gasteiger partial charge on any atom is -0.497 e. The van der Waals surface area contributed by atoms with E-state index in [0.29, 0.717) is 5.75 Å². The maximum absolute atomic E-state index is 12.7. The van der Waals surface area contributed by atoms with Crippen molar-refractivity contribution >= 4 is 27.6 Å². The van der Waals surface area contributed by atoms with Gasteiger partial charge in [-0.05, 0) is 57.2 Å². The van der Waals surface area contributed by atoms with Crippen LogP contribution in [-0.4, -0.2) is 39.5 Å². The van der Waals surface area contributed by atoms with Crippen LogP contribution in [0.4, 0.5) is 5.69 Å². The topological polar surface area (TPSA) is 111 Å². The normalized spacial score (nSPS) is 12.2. The summed E-state index contributed by atoms with van der Waals surface area (Å²) in [6.07, 6.45) is -1.03. The first-order valence-corrected chi connectivity index (χ1v) is 10.4. The first-order chi connectivity index (χ1) is 13.6. The van der Waals surface area contributed by atoms with Crippen LogP contribution < -0.4 is 14.8 Å². The van der Waals surface area contributed by atoms with Crippen molar-refractivity contribution < 1.29 is 27.5 Å². The van der Waals surface area contributed by atoms with E-state index in [2.05, 4.69) is 10.0 Å². The van der Waals surface area contributed by atoms with Gasteiger partial charge in [-0.1, -0.05) is 12.1 Å². The predicted octanol–water partition coefficient (Wildman–Crippen LogP) is 2.57. The summed E-state index contributed by atoms with van der Waals surface area (Å²) in [5.41, 5.74) is 0.0403. The molecule has 0 saturated carbocycles. The first kappa shape index (κ1) is 22.2. The zero-order valence-corrected chi connectivity index (χ0v) is 17.4. The Balaban J connectivity index is 2.21. The van der Waals surface area contributed by atoms with Gasteiger partial charge in [0.15, 0.2) is 6.10 Å². The van der Waals surface area contributed by atoms with Crippen LogP contribution in [0.5, 0.6) is 5.75 Å². The molecule has 2 aromatic carbocycles. The molecule has 29 heavy (non-hydrogen) atoms. The summed E-state index contributed by atoms with van der Waals surface area (Å²) in [6.45, 7) is 5.02. The van der Waals surface area contributed by atoms with E-state index in [1.165, 1.54) is 50.4 Å². The molecule has 0 aliphatic heterocycles. The predicted molar refractivity (Wildman–Crippen MR) is 108 cm³/mol. The van der Waals surface area contributed by atoms with E-state index in [9.17, 15) is 18.0 Å². The second-order valence-corrected chi connectivity index (χ2v) is 8.22. The van der Waals surface area contributed by atoms with Crippen molar-refractivity contribution in [3.63, 3.8) is 0 Å². The molecule has 0 aliphatic carbocycles. The summed E-state index contributed by atoms with van der Waals surface area (Å²) < 4.78 is 37.9. The molecule has 0 aromatic heterocycles. The highest BCUT2D eigenvalue weighted by Gasteiger charge is 2.23. The lowest BCUT2D eigenvalue weighted by Gasteiger charge is -2.17. The second-order valence-electron chi connectivity index (χ2n) is 6.54. The minimum absolute atomic E-state index is 0.00569. The SMILES string of the molecule is COc1ccc(S(=O)(=O)Nc2ccccc2C(=O)O[C@H](C)C(=O)NC(C)C)cc1. The number of nitrogens with one attached hydrogen (secondary N) is 2. The third kappa shape index (κ3) is 5.95. The number of amides is 1. The number of para-hydroxylation sites is 1. The monoisotopic (exact) mass is 420 g/mol. The van der Waals surface area contributed by atoms with Gasteiger partial charge in [-0.2, -0.15) is 0 Å². The molecule has 0 radical (unpaired) electrons. The third-order valence-electron chi connectivity index (χ3n) is 3.85. The van der Waals surface area contributed by atoms with Crippen LogP contribution in [0.2, 0.25) is 0 Å². The molecule has 1 atom stereocenters. The number of benzene rings is 2. The van der Waals surface area contributed by atoms with Crippen molar-refractivity contribution in [2.24, 2.45) is 0 Å². The van der Waals surface area contributed by atoms with Crippen LogP contribution >= 0.6 is 0 Å². The first-order valence-electron chi connectivity index (χ1n) is 8.91. The second kappa shape index (κ2) is 9.42. The Morgan fingerprint density at radius 3 is 2.17 bits per heavy atom. The maximum Gasteiger partial charge on any atom is 0.341 e. The van der Waals surface area contributed by atoms with Crippen LogP contribution in [0, 0.1) is 0 Å². The summed E-state index contributed by atoms with van der Waals surface area (Å²) in [5, 5.41) is 2.65. The van der Waals surface area contributed by atoms with E-state index < -0.39 is 28.0 Å². The zero-order chi connectivity index (χ0) is 21.6. The van der Waals surface area contributed by atoms with Gasteiger partial charge in [0, 0.05) is 6.04 Å². The molecule has 0 heterocycles. The highest BCUT2D eigenvalue weighted by atomic mass is 32.2. The van der Waals surface area contributed by atoms with Crippen LogP contribution in [0.25, 0.3) is 0 Å². The largest absolute Gasteiger partial charge is 0.497 e. The average molecular weight is 420 g/mol. The molecule has 0 fully saturated rings. The number of hydrogen-bond donors (Lipinski definition) is 2. The third-order valence-corrected chi connectivity index (χ3v) is 5.23. The van der Waals surface area contributed by atoms with E-state index in [-0.39, 0.29) is 22.2 Å². The van der Waals surface area contributed by atoms with E-state index in [0.717, 1.165) is 0 Å². The van der Waals surface area contributed by atoms with Gasteiger partial charge in [-0.3, -0.25) is 9.52 Å². The average Bonchev–Trinajstić information content (AvgIpc) is 2.67. The quantitative estimate of drug-likeness (QED) is 0.635. The fraction of sp³-hybridized carbons (Fsp3) is 0.300. The van der Waals surface area contributed by atoms with Gasteiger partial charge < -0.3 is 14.8 Å². The van der Waals surface area contributed by atoms with Crippen LogP contribution in [-0.2, 0) is 19.6 Å². The van der Waals surface area contributed by atoms with Gasteiger partial charge in [0.1, 0.15) is 5.75 Å². The Kier molecular flexibility index (Phi) is 7.22. The molecule has 1 amide bonds. The lowest BCUT2D eigenvalue weighted by molar-refractivity contribution is -0.129. The molecule has 9 heteroatoms. The molecule has 2 N–H and O–H groups in total. The van der Waals surface area contributed by atoms with Crippen LogP contribution in [0.3, 0.4) is 0 Å². The summed E-state index contributed by atoms with van der Waals surface area (Å²) in [6, 6.07) is 11.7. The Labute approximate surface area is 170 Å². The standard InChI is InChI=1S/C20H24N2O6S/c1-13(2)21-19(23)14(3)28-20(24)17-7-5-6-8-18(17)22-29(25,26)16-11-9-15(27-4)10-12-16/h5-14,22H,1-4H3,(H,21,23)/t14-/m1/s1. The summed E-state index contributed by atoms with van der Waals surface area (Å²) >= 11 is 0. The Morgan fingerprint density at radius 2 is 1.59 bits per heavy atom. The number of anilines is 1. The number of carbonyl (C=O) groups is 2. The Hall–Kier alpha value is -3.07. The Morgan fingerprint density at radius 1 is 0.966 bits per heavy atom. The van der Waals surface area contributed by atoms with E-state index >= 15 is 0 Å². The maximum atomic E-state index is 12.7. The van der Waals surface area contributed by atoms with E-state index in [1.54, 1.807) is 26.0 Å². The molecule has 0 bridgehead atoms. The fourth-order valence-corrected chi connectivity index (χ4v) is 3.47. The number of sulfonamides is 1. The molecular formula is C20H24N2O6S. The number of methoxy groups -OCH3 is 1. The van der Waals surface area contributed by atoms with Gasteiger partial charge in [-0.15, -0.1) is 0 Å². The fourth-order valence-electron chi connectivity index (χ4n) is 2.39. The molecule has 0 aliphatic rings. The number of hydrogen-bond acceptors (Lipinski definition) is 6. The molecule has 8 nitrogen and oxygen atoms in total. The molecule has 0 spiro atoms. The lowest BCUT2D eigenvalue weighted by Crippen LogP contribution is -2.39. The lowest BCUT2D eigenvalue weighted by atomic mass is 10.2. The minimum atomic E-state index is -3.95. The molecule has 0 unspecified atom stereocenters. The van der Waals surface area contributed by atoms with Crippen LogP contribution in [0.15, 0.2) is 53.4 Å². The molecular weight excluding hydrogens is 396 g/mol. The zero-order valence-electron chi connectivity index (χ0n) is 16.6. The van der Waals surface area contributed by atoms with Gasteiger partial charge in [-0.25, -0.2) is 13.2 Å². The van der Waals surface area contributed by atoms with Crippen molar-refractivity contribution in [1.29, 1.82) is 0 Å². The number of rotatable bonds is 8. The van der Waals surface area contributed by atoms with Gasteiger partial charge >= 0.3 is 5.97 Å². The molecule has 2 rings (SSSR count). The van der Waals surface area contributed by atoms with Crippen LogP contribution in [0.1, 0.15) is 31.1 Å². The number of esters is 1. The highest BCUT2D eigenvalue weighted by molar-refractivity contribution is 7.92. The summed E-state index contributed by atoms with van der Waals surface area (Å²) in [7, 11) is -2.47. The van der Waals surface area contributed by atoms with Crippen molar-refractivity contribution in [3.8, 4) is 5.75 Å². The molecule has 0 saturated heterocycles. The van der Waals surface area contributed by atoms with E-state index in [4.69, 9.17) is 9.47 Å². The van der Waals surface area contributed by atoms with Gasteiger partial charge in [0.2, 0.25) is 0 Å². The highest BCUT2D eigenvalue weighted by Crippen LogP contribution is 2.22. The Bertz CT molecular complexity index is 971. The molecule has 2 aromatic rings.